The monoisotopic (exact) mass is 176 g/mol. The predicted molar refractivity (Wildman–Crippen MR) is 49.9 cm³/mol. The fourth-order valence-electron chi connectivity index (χ4n) is 0.646. The summed E-state index contributed by atoms with van der Waals surface area (Å²) in [4.78, 5) is 0. The van der Waals surface area contributed by atoms with Gasteiger partial charge in [-0.2, -0.15) is 0 Å². The van der Waals surface area contributed by atoms with Crippen molar-refractivity contribution in [3.63, 3.8) is 0 Å². The van der Waals surface area contributed by atoms with Crippen LogP contribution in [0.5, 0.6) is 0 Å². The Labute approximate surface area is 74.4 Å². The first kappa shape index (κ1) is 10.8. The van der Waals surface area contributed by atoms with Crippen molar-refractivity contribution in [2.75, 3.05) is 6.61 Å². The summed E-state index contributed by atoms with van der Waals surface area (Å²) >= 11 is 5.66. The van der Waals surface area contributed by atoms with Crippen LogP contribution in [0.3, 0.4) is 0 Å². The normalized spacial score (nSPS) is 13.7. The lowest BCUT2D eigenvalue weighted by molar-refractivity contribution is 0.251. The highest BCUT2D eigenvalue weighted by atomic mass is 35.5. The summed E-state index contributed by atoms with van der Waals surface area (Å²) in [5.41, 5.74) is 0. The summed E-state index contributed by atoms with van der Waals surface area (Å²) in [7, 11) is 0. The third-order valence-electron chi connectivity index (χ3n) is 1.24. The average Bonchev–Trinajstić information content (AvgIpc) is 1.96. The minimum atomic E-state index is 0.103. The summed E-state index contributed by atoms with van der Waals surface area (Å²) < 4.78 is 5.13. The van der Waals surface area contributed by atoms with Gasteiger partial charge in [0.25, 0.3) is 0 Å². The van der Waals surface area contributed by atoms with Gasteiger partial charge in [-0.3, -0.25) is 0 Å². The van der Waals surface area contributed by atoms with Gasteiger partial charge >= 0.3 is 0 Å². The van der Waals surface area contributed by atoms with E-state index in [2.05, 4.69) is 6.92 Å². The van der Waals surface area contributed by atoms with Crippen molar-refractivity contribution >= 4 is 11.6 Å². The highest BCUT2D eigenvalue weighted by Gasteiger charge is 1.91. The van der Waals surface area contributed by atoms with Crippen LogP contribution in [-0.2, 0) is 4.74 Å². The van der Waals surface area contributed by atoms with E-state index < -0.39 is 0 Å². The summed E-state index contributed by atoms with van der Waals surface area (Å²) in [6.45, 7) is 4.70. The molecule has 11 heavy (non-hydrogen) atoms. The summed E-state index contributed by atoms with van der Waals surface area (Å²) in [6, 6.07) is 0. The van der Waals surface area contributed by atoms with Crippen LogP contribution in [0.15, 0.2) is 12.3 Å². The fourth-order valence-corrected chi connectivity index (χ4v) is 0.719. The Hall–Kier alpha value is -0.170. The van der Waals surface area contributed by atoms with Gasteiger partial charge < -0.3 is 4.74 Å². The van der Waals surface area contributed by atoms with E-state index >= 15 is 0 Å². The maximum atomic E-state index is 5.66. The topological polar surface area (TPSA) is 9.23 Å². The van der Waals surface area contributed by atoms with Gasteiger partial charge in [0.05, 0.1) is 11.6 Å². The van der Waals surface area contributed by atoms with Gasteiger partial charge in [0, 0.05) is 0 Å². The third-order valence-corrected chi connectivity index (χ3v) is 1.37. The van der Waals surface area contributed by atoms with Gasteiger partial charge in [-0.1, -0.05) is 13.3 Å². The van der Waals surface area contributed by atoms with Crippen LogP contribution in [0.25, 0.3) is 0 Å². The zero-order chi connectivity index (χ0) is 8.53. The number of hydrogen-bond donors (Lipinski definition) is 0. The van der Waals surface area contributed by atoms with Crippen LogP contribution in [0, 0.1) is 0 Å². The van der Waals surface area contributed by atoms with Crippen LogP contribution in [0.1, 0.15) is 33.1 Å². The third kappa shape index (κ3) is 9.83. The van der Waals surface area contributed by atoms with E-state index in [1.54, 1.807) is 6.26 Å². The first-order chi connectivity index (χ1) is 5.27. The lowest BCUT2D eigenvalue weighted by Crippen LogP contribution is -1.99. The van der Waals surface area contributed by atoms with E-state index in [-0.39, 0.29) is 5.38 Å². The first-order valence-electron chi connectivity index (χ1n) is 4.18. The minimum absolute atomic E-state index is 0.103. The molecule has 1 unspecified atom stereocenters. The number of unbranched alkanes of at least 4 members (excludes halogenated alkanes) is 2. The molecule has 0 spiro atoms. The summed E-state index contributed by atoms with van der Waals surface area (Å²) in [6.07, 6.45) is 7.36. The Morgan fingerprint density at radius 3 is 2.82 bits per heavy atom. The first-order valence-corrected chi connectivity index (χ1v) is 4.61. The maximum Gasteiger partial charge on any atom is 0.103 e. The molecule has 0 aliphatic carbocycles. The molecular weight excluding hydrogens is 160 g/mol. The molecule has 0 saturated heterocycles. The SMILES string of the molecule is CCCC/C=C/OCC(C)Cl. The molecule has 0 aliphatic rings. The van der Waals surface area contributed by atoms with E-state index in [0.717, 1.165) is 6.42 Å². The Kier molecular flexibility index (Phi) is 7.81. The standard InChI is InChI=1S/C9H17ClO/c1-3-4-5-6-7-11-8-9(2)10/h6-7,9H,3-5,8H2,1-2H3/b7-6+. The Bertz CT molecular complexity index is 99.7. The highest BCUT2D eigenvalue weighted by molar-refractivity contribution is 6.20. The molecule has 0 amide bonds. The van der Waals surface area contributed by atoms with Crippen LogP contribution < -0.4 is 0 Å². The number of allylic oxidation sites excluding steroid dienone is 1. The van der Waals surface area contributed by atoms with Crippen molar-refractivity contribution in [1.29, 1.82) is 0 Å². The molecule has 66 valence electrons. The van der Waals surface area contributed by atoms with Crippen LogP contribution in [0.4, 0.5) is 0 Å². The van der Waals surface area contributed by atoms with E-state index in [9.17, 15) is 0 Å². The molecule has 0 aliphatic heterocycles. The highest BCUT2D eigenvalue weighted by Crippen LogP contribution is 1.97. The molecule has 0 N–H and O–H groups in total. The van der Waals surface area contributed by atoms with Crippen molar-refractivity contribution in [3.05, 3.63) is 12.3 Å². The molecule has 0 heterocycles. The van der Waals surface area contributed by atoms with Crippen LogP contribution in [0.2, 0.25) is 0 Å². The van der Waals surface area contributed by atoms with Gasteiger partial charge in [-0.05, 0) is 25.8 Å². The van der Waals surface area contributed by atoms with Crippen molar-refractivity contribution in [3.8, 4) is 0 Å². The average molecular weight is 177 g/mol. The molecule has 0 bridgehead atoms. The molecular formula is C9H17ClO. The van der Waals surface area contributed by atoms with Gasteiger partial charge in [-0.25, -0.2) is 0 Å². The predicted octanol–water partition coefficient (Wildman–Crippen LogP) is 3.33. The van der Waals surface area contributed by atoms with Gasteiger partial charge in [0.2, 0.25) is 0 Å². The minimum Gasteiger partial charge on any atom is -0.500 e. The number of halogens is 1. The largest absolute Gasteiger partial charge is 0.500 e. The molecule has 0 aromatic carbocycles. The maximum absolute atomic E-state index is 5.66. The second kappa shape index (κ2) is 7.93. The Morgan fingerprint density at radius 2 is 2.27 bits per heavy atom. The van der Waals surface area contributed by atoms with Crippen LogP contribution >= 0.6 is 11.6 Å². The lowest BCUT2D eigenvalue weighted by Gasteiger charge is -2.00. The quantitative estimate of drug-likeness (QED) is 0.343. The smallest absolute Gasteiger partial charge is 0.103 e. The van der Waals surface area contributed by atoms with Crippen molar-refractivity contribution in [1.82, 2.24) is 0 Å². The van der Waals surface area contributed by atoms with Gasteiger partial charge in [0.15, 0.2) is 0 Å². The molecule has 0 fully saturated rings. The molecule has 1 atom stereocenters. The summed E-state index contributed by atoms with van der Waals surface area (Å²) in [5.74, 6) is 0. The zero-order valence-corrected chi connectivity index (χ0v) is 8.10. The second-order valence-corrected chi connectivity index (χ2v) is 3.37. The lowest BCUT2D eigenvalue weighted by atomic mass is 10.2. The fraction of sp³-hybridized carbons (Fsp3) is 0.778. The second-order valence-electron chi connectivity index (χ2n) is 2.63. The molecule has 2 heteroatoms. The molecule has 1 nitrogen and oxygen atoms in total. The van der Waals surface area contributed by atoms with E-state index in [4.69, 9.17) is 16.3 Å². The molecule has 0 radical (unpaired) electrons. The zero-order valence-electron chi connectivity index (χ0n) is 7.35. The Morgan fingerprint density at radius 1 is 1.55 bits per heavy atom. The number of hydrogen-bond acceptors (Lipinski definition) is 1. The molecule has 0 saturated carbocycles. The van der Waals surface area contributed by atoms with E-state index in [1.807, 2.05) is 13.0 Å². The number of rotatable bonds is 6. The van der Waals surface area contributed by atoms with Gasteiger partial charge in [0.1, 0.15) is 6.61 Å². The van der Waals surface area contributed by atoms with Gasteiger partial charge in [-0.15, -0.1) is 11.6 Å². The van der Waals surface area contributed by atoms with E-state index in [1.165, 1.54) is 12.8 Å². The van der Waals surface area contributed by atoms with Crippen molar-refractivity contribution in [2.45, 2.75) is 38.5 Å². The van der Waals surface area contributed by atoms with Crippen LogP contribution in [-0.4, -0.2) is 12.0 Å². The van der Waals surface area contributed by atoms with Crippen molar-refractivity contribution in [2.24, 2.45) is 0 Å². The Balaban J connectivity index is 3.03. The number of ether oxygens (including phenoxy) is 1. The molecule has 0 aromatic heterocycles. The molecule has 0 rings (SSSR count). The molecule has 0 aromatic rings. The summed E-state index contributed by atoms with van der Waals surface area (Å²) in [5, 5.41) is 0.103. The van der Waals surface area contributed by atoms with Crippen molar-refractivity contribution < 1.29 is 4.74 Å². The van der Waals surface area contributed by atoms with E-state index in [0.29, 0.717) is 6.61 Å². The number of alkyl halides is 1.